The third-order valence-electron chi connectivity index (χ3n) is 2.73. The number of hydrogen-bond donors (Lipinski definition) is 0. The zero-order chi connectivity index (χ0) is 13.2. The van der Waals surface area contributed by atoms with Gasteiger partial charge in [0.05, 0.1) is 11.0 Å². The van der Waals surface area contributed by atoms with Gasteiger partial charge in [0.25, 0.3) is 5.69 Å². The molecule has 0 spiro atoms. The fraction of sp³-hybridized carbons (Fsp3) is 0.571. The summed E-state index contributed by atoms with van der Waals surface area (Å²) >= 11 is 1.75. The summed E-state index contributed by atoms with van der Waals surface area (Å²) < 4.78 is 0. The number of unbranched alkanes of at least 4 members (excludes halogenated alkanes) is 5. The van der Waals surface area contributed by atoms with Crippen LogP contribution in [-0.4, -0.2) is 10.7 Å². The smallest absolute Gasteiger partial charge is 0.258 e. The van der Waals surface area contributed by atoms with Crippen LogP contribution >= 0.6 is 11.8 Å². The van der Waals surface area contributed by atoms with Crippen molar-refractivity contribution in [3.63, 3.8) is 0 Å². The first-order valence-corrected chi connectivity index (χ1v) is 7.51. The molecule has 1 radical (unpaired) electrons. The Labute approximate surface area is 113 Å². The van der Waals surface area contributed by atoms with E-state index in [1.165, 1.54) is 44.6 Å². The largest absolute Gasteiger partial charge is 0.277 e. The fourth-order valence-corrected chi connectivity index (χ4v) is 2.57. The molecule has 0 aromatic heterocycles. The zero-order valence-electron chi connectivity index (χ0n) is 10.9. The Bertz CT molecular complexity index is 351. The summed E-state index contributed by atoms with van der Waals surface area (Å²) in [5, 5.41) is 10.5. The average Bonchev–Trinajstić information content (AvgIpc) is 2.38. The molecule has 0 N–H and O–H groups in total. The maximum absolute atomic E-state index is 10.5. The van der Waals surface area contributed by atoms with E-state index in [4.69, 9.17) is 0 Å². The first-order valence-electron chi connectivity index (χ1n) is 6.53. The molecule has 0 saturated carbocycles. The monoisotopic (exact) mass is 266 g/mol. The van der Waals surface area contributed by atoms with Crippen molar-refractivity contribution in [2.45, 2.75) is 50.3 Å². The van der Waals surface area contributed by atoms with Crippen molar-refractivity contribution in [2.75, 3.05) is 5.75 Å². The number of benzene rings is 1. The minimum Gasteiger partial charge on any atom is -0.258 e. The topological polar surface area (TPSA) is 43.1 Å². The van der Waals surface area contributed by atoms with E-state index in [9.17, 15) is 10.1 Å². The van der Waals surface area contributed by atoms with E-state index >= 15 is 0 Å². The maximum atomic E-state index is 10.5. The molecule has 0 aliphatic carbocycles. The van der Waals surface area contributed by atoms with Crippen molar-refractivity contribution in [3.05, 3.63) is 34.4 Å². The molecule has 1 aromatic rings. The van der Waals surface area contributed by atoms with Gasteiger partial charge in [-0.3, -0.25) is 10.1 Å². The second-order valence-corrected chi connectivity index (χ2v) is 5.45. The molecule has 0 saturated heterocycles. The summed E-state index contributed by atoms with van der Waals surface area (Å²) in [6, 6.07) is 7.71. The van der Waals surface area contributed by atoms with Crippen molar-refractivity contribution < 1.29 is 4.92 Å². The molecule has 0 bridgehead atoms. The summed E-state index contributed by atoms with van der Waals surface area (Å²) in [6.45, 7) is 2.22. The van der Waals surface area contributed by atoms with Gasteiger partial charge in [-0.05, 0) is 24.3 Å². The van der Waals surface area contributed by atoms with E-state index in [-0.39, 0.29) is 5.69 Å². The van der Waals surface area contributed by atoms with Crippen LogP contribution in [0.15, 0.2) is 23.1 Å². The highest BCUT2D eigenvalue weighted by Gasteiger charge is 2.04. The lowest BCUT2D eigenvalue weighted by molar-refractivity contribution is -0.385. The Morgan fingerprint density at radius 3 is 2.56 bits per heavy atom. The highest BCUT2D eigenvalue weighted by Crippen LogP contribution is 2.22. The minimum atomic E-state index is -0.415. The molecule has 1 aromatic carbocycles. The number of nitrogens with zero attached hydrogens (tertiary/aromatic N) is 1. The quantitative estimate of drug-likeness (QED) is 0.278. The molecule has 0 heterocycles. The molecule has 99 valence electrons. The first-order chi connectivity index (χ1) is 8.74. The summed E-state index contributed by atoms with van der Waals surface area (Å²) in [7, 11) is 0. The lowest BCUT2D eigenvalue weighted by Crippen LogP contribution is -1.87. The molecule has 18 heavy (non-hydrogen) atoms. The van der Waals surface area contributed by atoms with Gasteiger partial charge in [0.15, 0.2) is 0 Å². The van der Waals surface area contributed by atoms with Crippen LogP contribution in [0.25, 0.3) is 0 Å². The summed E-state index contributed by atoms with van der Waals surface area (Å²) in [5.41, 5.74) is 0.0407. The van der Waals surface area contributed by atoms with Crippen LogP contribution in [-0.2, 0) is 0 Å². The Morgan fingerprint density at radius 2 is 1.94 bits per heavy atom. The third kappa shape index (κ3) is 6.05. The van der Waals surface area contributed by atoms with Crippen molar-refractivity contribution >= 4 is 17.4 Å². The van der Waals surface area contributed by atoms with Gasteiger partial charge < -0.3 is 0 Å². The predicted molar refractivity (Wildman–Crippen MR) is 76.0 cm³/mol. The standard InChI is InChI=1S/C14H20NO2S/c1-2-3-4-5-6-7-12-18-14-10-8-13(9-11-14)15(16)17/h8,10-11H,2-7,12H2,1H3. The van der Waals surface area contributed by atoms with Crippen LogP contribution in [0.1, 0.15) is 45.4 Å². The van der Waals surface area contributed by atoms with Gasteiger partial charge in [-0.25, -0.2) is 0 Å². The zero-order valence-corrected chi connectivity index (χ0v) is 11.7. The Kier molecular flexibility index (Phi) is 7.49. The average molecular weight is 266 g/mol. The van der Waals surface area contributed by atoms with E-state index in [1.807, 2.05) is 0 Å². The highest BCUT2D eigenvalue weighted by molar-refractivity contribution is 7.99. The second-order valence-electron chi connectivity index (χ2n) is 4.28. The molecule has 0 atom stereocenters. The number of hydrogen-bond acceptors (Lipinski definition) is 3. The molecule has 0 amide bonds. The van der Waals surface area contributed by atoms with Crippen molar-refractivity contribution in [1.82, 2.24) is 0 Å². The SMILES string of the molecule is CCCCCCCCSc1c[c]c([N+](=O)[O-])cc1. The van der Waals surface area contributed by atoms with E-state index < -0.39 is 4.92 Å². The van der Waals surface area contributed by atoms with Crippen LogP contribution < -0.4 is 0 Å². The van der Waals surface area contributed by atoms with E-state index in [0.29, 0.717) is 0 Å². The molecule has 4 heteroatoms. The molecule has 3 nitrogen and oxygen atoms in total. The fourth-order valence-electron chi connectivity index (χ4n) is 1.68. The molecule has 0 fully saturated rings. The van der Waals surface area contributed by atoms with E-state index in [1.54, 1.807) is 23.9 Å². The van der Waals surface area contributed by atoms with Crippen LogP contribution in [0.4, 0.5) is 5.69 Å². The van der Waals surface area contributed by atoms with E-state index in [0.717, 1.165) is 10.6 Å². The molecule has 0 aliphatic rings. The Balaban J connectivity index is 2.14. The number of rotatable bonds is 9. The summed E-state index contributed by atoms with van der Waals surface area (Å²) in [4.78, 5) is 11.1. The molecule has 0 unspecified atom stereocenters. The van der Waals surface area contributed by atoms with Crippen LogP contribution in [0.3, 0.4) is 0 Å². The van der Waals surface area contributed by atoms with Crippen molar-refractivity contribution in [2.24, 2.45) is 0 Å². The van der Waals surface area contributed by atoms with Gasteiger partial charge >= 0.3 is 0 Å². The maximum Gasteiger partial charge on any atom is 0.277 e. The van der Waals surface area contributed by atoms with Crippen molar-refractivity contribution in [1.29, 1.82) is 0 Å². The summed E-state index contributed by atoms with van der Waals surface area (Å²) in [5.74, 6) is 1.08. The van der Waals surface area contributed by atoms with Gasteiger partial charge in [0, 0.05) is 11.0 Å². The van der Waals surface area contributed by atoms with Gasteiger partial charge in [-0.1, -0.05) is 39.0 Å². The third-order valence-corrected chi connectivity index (χ3v) is 3.81. The second kappa shape index (κ2) is 8.97. The highest BCUT2D eigenvalue weighted by atomic mass is 32.2. The van der Waals surface area contributed by atoms with Gasteiger partial charge in [0.1, 0.15) is 0 Å². The predicted octanol–water partition coefficient (Wildman–Crippen LogP) is 4.85. The lowest BCUT2D eigenvalue weighted by atomic mass is 10.1. The molecular weight excluding hydrogens is 246 g/mol. The number of nitro benzene ring substituents is 1. The molecular formula is C14H20NO2S. The first kappa shape index (κ1) is 15.0. The lowest BCUT2D eigenvalue weighted by Gasteiger charge is -2.01. The minimum absolute atomic E-state index is 0.0407. The Morgan fingerprint density at radius 1 is 1.22 bits per heavy atom. The van der Waals surface area contributed by atoms with E-state index in [2.05, 4.69) is 13.0 Å². The number of non-ortho nitro benzene ring substituents is 1. The normalized spacial score (nSPS) is 10.5. The van der Waals surface area contributed by atoms with Gasteiger partial charge in [-0.15, -0.1) is 11.8 Å². The van der Waals surface area contributed by atoms with Crippen LogP contribution in [0, 0.1) is 16.2 Å². The number of thioether (sulfide) groups is 1. The Hall–Kier alpha value is -1.03. The summed E-state index contributed by atoms with van der Waals surface area (Å²) in [6.07, 6.45) is 7.78. The van der Waals surface area contributed by atoms with Crippen molar-refractivity contribution in [3.8, 4) is 0 Å². The van der Waals surface area contributed by atoms with Crippen LogP contribution in [0.2, 0.25) is 0 Å². The van der Waals surface area contributed by atoms with Gasteiger partial charge in [-0.2, -0.15) is 0 Å². The molecule has 1 rings (SSSR count). The van der Waals surface area contributed by atoms with Crippen LogP contribution in [0.5, 0.6) is 0 Å². The van der Waals surface area contributed by atoms with Gasteiger partial charge in [0.2, 0.25) is 0 Å². The number of nitro groups is 1. The molecule has 0 aliphatic heterocycles.